The molecule has 0 spiro atoms. The third kappa shape index (κ3) is 3.46. The minimum absolute atomic E-state index is 0.167. The Morgan fingerprint density at radius 3 is 2.67 bits per heavy atom. The molecular weight excluding hydrogens is 228 g/mol. The molecule has 0 bridgehead atoms. The van der Waals surface area contributed by atoms with Gasteiger partial charge in [0.2, 0.25) is 0 Å². The summed E-state index contributed by atoms with van der Waals surface area (Å²) in [4.78, 5) is 2.17. The van der Waals surface area contributed by atoms with Crippen LogP contribution in [0.2, 0.25) is 0 Å². The molecule has 0 saturated heterocycles. The van der Waals surface area contributed by atoms with Crippen molar-refractivity contribution in [1.82, 2.24) is 15.1 Å². The highest BCUT2D eigenvalue weighted by Gasteiger charge is 2.17. The van der Waals surface area contributed by atoms with Gasteiger partial charge in [-0.25, -0.2) is 0 Å². The molecule has 0 unspecified atom stereocenters. The van der Waals surface area contributed by atoms with Gasteiger partial charge < -0.3 is 15.3 Å². The number of rotatable bonds is 8. The lowest BCUT2D eigenvalue weighted by atomic mass is 10.2. The molecule has 0 atom stereocenters. The maximum Gasteiger partial charge on any atom is 0.131 e. The molecule has 1 heterocycles. The van der Waals surface area contributed by atoms with Gasteiger partial charge in [0.25, 0.3) is 0 Å². The van der Waals surface area contributed by atoms with Crippen LogP contribution in [0.15, 0.2) is 0 Å². The first kappa shape index (κ1) is 15.0. The first-order valence-electron chi connectivity index (χ1n) is 6.74. The molecule has 0 radical (unpaired) electrons. The molecule has 0 aromatic carbocycles. The molecule has 1 aromatic heterocycles. The van der Waals surface area contributed by atoms with Crippen molar-refractivity contribution >= 4 is 5.82 Å². The summed E-state index contributed by atoms with van der Waals surface area (Å²) in [5.74, 6) is 1.12. The number of anilines is 1. The lowest BCUT2D eigenvalue weighted by Gasteiger charge is -2.23. The van der Waals surface area contributed by atoms with Crippen LogP contribution in [0.25, 0.3) is 0 Å². The molecule has 1 aromatic rings. The maximum absolute atomic E-state index is 9.14. The molecule has 1 rings (SSSR count). The molecule has 0 aliphatic heterocycles. The fraction of sp³-hybridized carbons (Fsp3) is 0.769. The Hall–Kier alpha value is -1.07. The van der Waals surface area contributed by atoms with Gasteiger partial charge in [0.1, 0.15) is 5.82 Å². The van der Waals surface area contributed by atoms with Crippen molar-refractivity contribution in [3.05, 3.63) is 11.3 Å². The van der Waals surface area contributed by atoms with Crippen LogP contribution >= 0.6 is 0 Å². The van der Waals surface area contributed by atoms with E-state index in [1.807, 2.05) is 18.7 Å². The number of hydrogen-bond donors (Lipinski definition) is 2. The van der Waals surface area contributed by atoms with Crippen molar-refractivity contribution in [1.29, 1.82) is 0 Å². The Morgan fingerprint density at radius 1 is 1.39 bits per heavy atom. The second-order valence-electron chi connectivity index (χ2n) is 4.49. The standard InChI is InChI=1S/C13H26N4O/c1-5-7-14-10-12-11(3)15-16(4)13(12)17(6-2)8-9-18/h14,18H,5-10H2,1-4H3. The molecule has 0 aliphatic rings. The minimum Gasteiger partial charge on any atom is -0.395 e. The maximum atomic E-state index is 9.14. The van der Waals surface area contributed by atoms with Crippen LogP contribution in [0, 0.1) is 6.92 Å². The summed E-state index contributed by atoms with van der Waals surface area (Å²) < 4.78 is 1.91. The number of hydrogen-bond acceptors (Lipinski definition) is 4. The van der Waals surface area contributed by atoms with E-state index in [-0.39, 0.29) is 6.61 Å². The van der Waals surface area contributed by atoms with Gasteiger partial charge >= 0.3 is 0 Å². The second-order valence-corrected chi connectivity index (χ2v) is 4.49. The summed E-state index contributed by atoms with van der Waals surface area (Å²) in [5.41, 5.74) is 2.30. The van der Waals surface area contributed by atoms with Gasteiger partial charge in [-0.1, -0.05) is 6.92 Å². The van der Waals surface area contributed by atoms with Crippen LogP contribution in [0.1, 0.15) is 31.5 Å². The zero-order chi connectivity index (χ0) is 13.5. The van der Waals surface area contributed by atoms with E-state index >= 15 is 0 Å². The molecule has 0 saturated carbocycles. The first-order valence-corrected chi connectivity index (χ1v) is 6.74. The number of aromatic nitrogens is 2. The van der Waals surface area contributed by atoms with Crippen molar-refractivity contribution in [2.45, 2.75) is 33.7 Å². The van der Waals surface area contributed by atoms with Gasteiger partial charge in [0.05, 0.1) is 12.3 Å². The lowest BCUT2D eigenvalue weighted by molar-refractivity contribution is 0.301. The highest BCUT2D eigenvalue weighted by molar-refractivity contribution is 5.50. The first-order chi connectivity index (χ1) is 8.65. The van der Waals surface area contributed by atoms with E-state index in [9.17, 15) is 0 Å². The molecule has 2 N–H and O–H groups in total. The Bertz CT molecular complexity index is 362. The predicted octanol–water partition coefficient (Wildman–Crippen LogP) is 1.05. The van der Waals surface area contributed by atoms with Crippen LogP contribution in [0.5, 0.6) is 0 Å². The molecule has 5 heteroatoms. The topological polar surface area (TPSA) is 53.3 Å². The molecule has 0 fully saturated rings. The molecule has 104 valence electrons. The third-order valence-electron chi connectivity index (χ3n) is 3.09. The molecule has 0 amide bonds. The van der Waals surface area contributed by atoms with Crippen LogP contribution in [-0.4, -0.2) is 41.1 Å². The van der Waals surface area contributed by atoms with E-state index < -0.39 is 0 Å². The lowest BCUT2D eigenvalue weighted by Crippen LogP contribution is -2.29. The summed E-state index contributed by atoms with van der Waals surface area (Å²) in [6.07, 6.45) is 1.13. The van der Waals surface area contributed by atoms with Crippen molar-refractivity contribution in [2.75, 3.05) is 31.1 Å². The SMILES string of the molecule is CCCNCc1c(C)nn(C)c1N(CC)CCO. The summed E-state index contributed by atoms with van der Waals surface area (Å²) in [7, 11) is 1.96. The zero-order valence-corrected chi connectivity index (χ0v) is 12.0. The molecule has 0 aliphatic carbocycles. The Labute approximate surface area is 110 Å². The zero-order valence-electron chi connectivity index (χ0n) is 12.0. The number of likely N-dealkylation sites (N-methyl/N-ethyl adjacent to an activating group) is 1. The smallest absolute Gasteiger partial charge is 0.131 e. The predicted molar refractivity (Wildman–Crippen MR) is 74.9 cm³/mol. The third-order valence-corrected chi connectivity index (χ3v) is 3.09. The van der Waals surface area contributed by atoms with E-state index in [0.717, 1.165) is 37.6 Å². The van der Waals surface area contributed by atoms with E-state index in [4.69, 9.17) is 5.11 Å². The normalized spacial score (nSPS) is 10.9. The van der Waals surface area contributed by atoms with Gasteiger partial charge in [0.15, 0.2) is 0 Å². The summed E-state index contributed by atoms with van der Waals surface area (Å²) >= 11 is 0. The van der Waals surface area contributed by atoms with Crippen LogP contribution in [-0.2, 0) is 13.6 Å². The fourth-order valence-corrected chi connectivity index (χ4v) is 2.22. The van der Waals surface area contributed by atoms with Gasteiger partial charge in [-0.3, -0.25) is 4.68 Å². The van der Waals surface area contributed by atoms with Gasteiger partial charge in [-0.05, 0) is 26.8 Å². The van der Waals surface area contributed by atoms with Crippen molar-refractivity contribution in [3.8, 4) is 0 Å². The van der Waals surface area contributed by atoms with E-state index in [1.54, 1.807) is 0 Å². The average molecular weight is 254 g/mol. The van der Waals surface area contributed by atoms with Gasteiger partial charge in [-0.2, -0.15) is 5.10 Å². The molecule has 18 heavy (non-hydrogen) atoms. The number of nitrogens with one attached hydrogen (secondary N) is 1. The fourth-order valence-electron chi connectivity index (χ4n) is 2.22. The monoisotopic (exact) mass is 254 g/mol. The van der Waals surface area contributed by atoms with Crippen molar-refractivity contribution in [3.63, 3.8) is 0 Å². The number of nitrogens with zero attached hydrogens (tertiary/aromatic N) is 3. The van der Waals surface area contributed by atoms with E-state index in [1.165, 1.54) is 5.56 Å². The summed E-state index contributed by atoms with van der Waals surface area (Å²) in [5, 5.41) is 17.1. The van der Waals surface area contributed by atoms with Crippen molar-refractivity contribution in [2.24, 2.45) is 7.05 Å². The molecular formula is C13H26N4O. The highest BCUT2D eigenvalue weighted by Crippen LogP contribution is 2.22. The largest absolute Gasteiger partial charge is 0.395 e. The van der Waals surface area contributed by atoms with E-state index in [0.29, 0.717) is 6.54 Å². The second kappa shape index (κ2) is 7.38. The van der Waals surface area contributed by atoms with Crippen LogP contribution in [0.3, 0.4) is 0 Å². The Morgan fingerprint density at radius 2 is 2.11 bits per heavy atom. The number of aryl methyl sites for hydroxylation is 2. The van der Waals surface area contributed by atoms with Crippen LogP contribution < -0.4 is 10.2 Å². The van der Waals surface area contributed by atoms with Gasteiger partial charge in [-0.15, -0.1) is 0 Å². The van der Waals surface area contributed by atoms with Gasteiger partial charge in [0, 0.05) is 32.2 Å². The Kier molecular flexibility index (Phi) is 6.15. The number of aliphatic hydroxyl groups is 1. The summed E-state index contributed by atoms with van der Waals surface area (Å²) in [6, 6.07) is 0. The molecule has 5 nitrogen and oxygen atoms in total. The Balaban J connectivity index is 2.93. The highest BCUT2D eigenvalue weighted by atomic mass is 16.3. The minimum atomic E-state index is 0.167. The quantitative estimate of drug-likeness (QED) is 0.681. The average Bonchev–Trinajstić information content (AvgIpc) is 2.62. The summed E-state index contributed by atoms with van der Waals surface area (Å²) in [6.45, 7) is 9.84. The van der Waals surface area contributed by atoms with Crippen LogP contribution in [0.4, 0.5) is 5.82 Å². The van der Waals surface area contributed by atoms with E-state index in [2.05, 4.69) is 29.2 Å². The van der Waals surface area contributed by atoms with Crippen molar-refractivity contribution < 1.29 is 5.11 Å². The number of aliphatic hydroxyl groups excluding tert-OH is 1.